The summed E-state index contributed by atoms with van der Waals surface area (Å²) in [6.07, 6.45) is -2.13. The smallest absolute Gasteiger partial charge is 0.303 e. The van der Waals surface area contributed by atoms with E-state index in [0.29, 0.717) is 0 Å². The highest BCUT2D eigenvalue weighted by Crippen LogP contribution is 2.36. The van der Waals surface area contributed by atoms with Crippen LogP contribution < -0.4 is 0 Å². The molecule has 0 amide bonds. The van der Waals surface area contributed by atoms with Crippen LogP contribution in [0.3, 0.4) is 0 Å². The summed E-state index contributed by atoms with van der Waals surface area (Å²) in [7, 11) is 0. The van der Waals surface area contributed by atoms with E-state index in [0.717, 1.165) is 26.8 Å². The summed E-state index contributed by atoms with van der Waals surface area (Å²) >= 11 is 0. The highest BCUT2D eigenvalue weighted by molar-refractivity contribution is 5.68. The second-order valence-electron chi connectivity index (χ2n) is 4.62. The Bertz CT molecular complexity index is 541. The molecule has 0 aromatic carbocycles. The lowest BCUT2D eigenvalue weighted by Crippen LogP contribution is -2.52. The van der Waals surface area contributed by atoms with Crippen LogP contribution in [0.4, 0.5) is 0 Å². The summed E-state index contributed by atoms with van der Waals surface area (Å²) < 4.78 is 14.3. The maximum Gasteiger partial charge on any atom is 0.303 e. The van der Waals surface area contributed by atoms with Gasteiger partial charge >= 0.3 is 17.9 Å². The van der Waals surface area contributed by atoms with E-state index in [1.807, 2.05) is 0 Å². The van der Waals surface area contributed by atoms with Crippen LogP contribution in [0.1, 0.15) is 20.8 Å². The van der Waals surface area contributed by atoms with E-state index in [4.69, 9.17) is 9.47 Å². The number of carbonyl (C=O) groups excluding carboxylic acids is 3. The van der Waals surface area contributed by atoms with E-state index >= 15 is 0 Å². The maximum atomic E-state index is 11.2. The maximum absolute atomic E-state index is 11.2. The number of hydrogen-bond acceptors (Lipinski definition) is 9. The molecule has 0 heterocycles. The Morgan fingerprint density at radius 3 is 2.18 bits per heavy atom. The quantitative estimate of drug-likeness (QED) is 0.302. The number of hydrogen-bond donors (Lipinski definition) is 1. The predicted octanol–water partition coefficient (Wildman–Crippen LogP) is -0.682. The monoisotopic (exact) mass is 317 g/mol. The van der Waals surface area contributed by atoms with Crippen LogP contribution >= 0.6 is 0 Å². The molecule has 3 atom stereocenters. The van der Waals surface area contributed by atoms with Gasteiger partial charge in [-0.2, -0.15) is 0 Å². The van der Waals surface area contributed by atoms with Gasteiger partial charge in [-0.15, -0.1) is 0 Å². The van der Waals surface area contributed by atoms with Gasteiger partial charge < -0.3 is 19.3 Å². The van der Waals surface area contributed by atoms with Crippen LogP contribution in [0.5, 0.6) is 0 Å². The van der Waals surface area contributed by atoms with E-state index < -0.39 is 52.9 Å². The molecule has 0 fully saturated rings. The molecule has 22 heavy (non-hydrogen) atoms. The first-order valence-electron chi connectivity index (χ1n) is 6.14. The van der Waals surface area contributed by atoms with Crippen molar-refractivity contribution in [3.63, 3.8) is 0 Å². The number of ether oxygens (including phenoxy) is 3. The normalized spacial score (nSPS) is 26.8. The minimum Gasteiger partial charge on any atom is -0.462 e. The zero-order chi connectivity index (χ0) is 17.1. The van der Waals surface area contributed by atoms with Gasteiger partial charge in [0.2, 0.25) is 5.60 Å². The molecule has 0 aromatic rings. The topological polar surface area (TPSA) is 142 Å². The van der Waals surface area contributed by atoms with Crippen molar-refractivity contribution in [3.8, 4) is 0 Å². The van der Waals surface area contributed by atoms with E-state index in [2.05, 4.69) is 4.74 Å². The molecule has 1 N–H and O–H groups in total. The fourth-order valence-electron chi connectivity index (χ4n) is 2.02. The lowest BCUT2D eigenvalue weighted by atomic mass is 9.98. The summed E-state index contributed by atoms with van der Waals surface area (Å²) in [6, 6.07) is 0. The van der Waals surface area contributed by atoms with Gasteiger partial charge in [-0.1, -0.05) is 0 Å². The lowest BCUT2D eigenvalue weighted by molar-refractivity contribution is -0.446. The second kappa shape index (κ2) is 6.52. The minimum atomic E-state index is -2.43. The Kier molecular flexibility index (Phi) is 5.20. The van der Waals surface area contributed by atoms with Gasteiger partial charge in [-0.25, -0.2) is 0 Å². The third-order valence-corrected chi connectivity index (χ3v) is 2.82. The first-order valence-corrected chi connectivity index (χ1v) is 6.14. The standard InChI is InChI=1S/C12H15NO9/c1-6(14)20-5-12(17)10(13(18)19)4-9(21-7(2)15)11(12)22-8(3)16/h4,9,11,17H,5H2,1-3H3/t9-,11+,12+/m1/s1. The summed E-state index contributed by atoms with van der Waals surface area (Å²) in [6.45, 7) is 2.28. The number of esters is 3. The highest BCUT2D eigenvalue weighted by Gasteiger charge is 2.60. The fourth-order valence-corrected chi connectivity index (χ4v) is 2.02. The SMILES string of the molecule is CC(=O)OC[C@]1(O)C([N+](=O)[O-])=C[C@@H](OC(C)=O)[C@@H]1OC(C)=O. The van der Waals surface area contributed by atoms with Crippen molar-refractivity contribution in [3.05, 3.63) is 21.9 Å². The van der Waals surface area contributed by atoms with Crippen molar-refractivity contribution in [2.24, 2.45) is 0 Å². The number of nitro groups is 1. The average Bonchev–Trinajstić information content (AvgIpc) is 2.61. The van der Waals surface area contributed by atoms with E-state index in [9.17, 15) is 29.6 Å². The summed E-state index contributed by atoms with van der Waals surface area (Å²) in [4.78, 5) is 43.3. The van der Waals surface area contributed by atoms with Gasteiger partial charge in [-0.3, -0.25) is 24.5 Å². The van der Waals surface area contributed by atoms with Crippen LogP contribution in [-0.2, 0) is 28.6 Å². The minimum absolute atomic E-state index is 0.786. The van der Waals surface area contributed by atoms with E-state index in [-0.39, 0.29) is 0 Å². The zero-order valence-corrected chi connectivity index (χ0v) is 12.1. The van der Waals surface area contributed by atoms with E-state index in [1.165, 1.54) is 0 Å². The first kappa shape index (κ1) is 17.6. The fraction of sp³-hybridized carbons (Fsp3) is 0.583. The molecule has 0 radical (unpaired) electrons. The largest absolute Gasteiger partial charge is 0.462 e. The van der Waals surface area contributed by atoms with Crippen molar-refractivity contribution < 1.29 is 38.6 Å². The Morgan fingerprint density at radius 2 is 1.77 bits per heavy atom. The Labute approximate surface area is 124 Å². The third-order valence-electron chi connectivity index (χ3n) is 2.82. The summed E-state index contributed by atoms with van der Waals surface area (Å²) in [5, 5.41) is 21.6. The molecule has 0 unspecified atom stereocenters. The van der Waals surface area contributed by atoms with Gasteiger partial charge in [0.1, 0.15) is 6.61 Å². The zero-order valence-electron chi connectivity index (χ0n) is 12.1. The molecule has 0 aliphatic heterocycles. The molecular formula is C12H15NO9. The average molecular weight is 317 g/mol. The lowest BCUT2D eigenvalue weighted by Gasteiger charge is -2.29. The highest BCUT2D eigenvalue weighted by atomic mass is 16.6. The van der Waals surface area contributed by atoms with Crippen LogP contribution in [-0.4, -0.2) is 52.4 Å². The Morgan fingerprint density at radius 1 is 1.23 bits per heavy atom. The number of carbonyl (C=O) groups is 3. The van der Waals surface area contributed by atoms with Gasteiger partial charge in [-0.05, 0) is 0 Å². The molecule has 1 aliphatic rings. The van der Waals surface area contributed by atoms with Crippen LogP contribution in [0, 0.1) is 10.1 Å². The first-order chi connectivity index (χ1) is 10.1. The van der Waals surface area contributed by atoms with Crippen molar-refractivity contribution in [1.82, 2.24) is 0 Å². The van der Waals surface area contributed by atoms with Gasteiger partial charge in [0, 0.05) is 26.8 Å². The molecule has 10 nitrogen and oxygen atoms in total. The summed E-state index contributed by atoms with van der Waals surface area (Å²) in [5.74, 6) is -2.45. The van der Waals surface area contributed by atoms with Crippen LogP contribution in [0.15, 0.2) is 11.8 Å². The molecule has 0 spiro atoms. The van der Waals surface area contributed by atoms with Crippen molar-refractivity contribution in [2.45, 2.75) is 38.6 Å². The van der Waals surface area contributed by atoms with Crippen LogP contribution in [0.2, 0.25) is 0 Å². The number of rotatable bonds is 5. The van der Waals surface area contributed by atoms with Crippen molar-refractivity contribution in [1.29, 1.82) is 0 Å². The molecule has 0 aromatic heterocycles. The second-order valence-corrected chi connectivity index (χ2v) is 4.62. The molecule has 0 bridgehead atoms. The van der Waals surface area contributed by atoms with Gasteiger partial charge in [0.05, 0.1) is 4.92 Å². The molecular weight excluding hydrogens is 302 g/mol. The molecule has 1 aliphatic carbocycles. The predicted molar refractivity (Wildman–Crippen MR) is 67.8 cm³/mol. The molecule has 10 heteroatoms. The van der Waals surface area contributed by atoms with Crippen molar-refractivity contribution >= 4 is 17.9 Å². The van der Waals surface area contributed by atoms with Crippen molar-refractivity contribution in [2.75, 3.05) is 6.61 Å². The Hall–Kier alpha value is -2.49. The molecule has 0 saturated heterocycles. The summed E-state index contributed by atoms with van der Waals surface area (Å²) in [5.41, 5.74) is -3.22. The van der Waals surface area contributed by atoms with E-state index in [1.54, 1.807) is 0 Å². The third kappa shape index (κ3) is 3.79. The number of nitrogens with zero attached hydrogens (tertiary/aromatic N) is 1. The molecule has 1 rings (SSSR count). The van der Waals surface area contributed by atoms with Crippen LogP contribution in [0.25, 0.3) is 0 Å². The number of aliphatic hydroxyl groups is 1. The van der Waals surface area contributed by atoms with Gasteiger partial charge in [0.15, 0.2) is 12.2 Å². The van der Waals surface area contributed by atoms with Gasteiger partial charge in [0.25, 0.3) is 5.70 Å². The molecule has 0 saturated carbocycles. The Balaban J connectivity index is 3.21. The molecule has 122 valence electrons.